The van der Waals surface area contributed by atoms with Gasteiger partial charge in [-0.05, 0) is 36.6 Å². The minimum Gasteiger partial charge on any atom is -0.493 e. The van der Waals surface area contributed by atoms with Crippen molar-refractivity contribution in [2.75, 3.05) is 40.2 Å². The van der Waals surface area contributed by atoms with E-state index in [0.717, 1.165) is 25.3 Å². The van der Waals surface area contributed by atoms with Gasteiger partial charge in [-0.25, -0.2) is 0 Å². The summed E-state index contributed by atoms with van der Waals surface area (Å²) in [6, 6.07) is 12.0. The first-order valence-corrected chi connectivity index (χ1v) is 10.4. The van der Waals surface area contributed by atoms with Crippen LogP contribution in [0.5, 0.6) is 17.2 Å². The molecule has 28 heavy (non-hydrogen) atoms. The van der Waals surface area contributed by atoms with Crippen LogP contribution in [0.2, 0.25) is 0 Å². The predicted octanol–water partition coefficient (Wildman–Crippen LogP) is 4.34. The number of aryl methyl sites for hydroxylation is 1. The first-order valence-electron chi connectivity index (χ1n) is 9.35. The maximum atomic E-state index is 13.2. The van der Waals surface area contributed by atoms with Gasteiger partial charge in [-0.2, -0.15) is 11.8 Å². The molecule has 1 aliphatic rings. The van der Waals surface area contributed by atoms with Gasteiger partial charge >= 0.3 is 0 Å². The summed E-state index contributed by atoms with van der Waals surface area (Å²) in [4.78, 5) is 15.1. The van der Waals surface area contributed by atoms with Crippen molar-refractivity contribution in [3.05, 3.63) is 53.1 Å². The highest BCUT2D eigenvalue weighted by Gasteiger charge is 2.25. The van der Waals surface area contributed by atoms with Crippen molar-refractivity contribution >= 4 is 17.7 Å². The topological polar surface area (TPSA) is 48.0 Å². The number of thioether (sulfide) groups is 1. The van der Waals surface area contributed by atoms with E-state index in [9.17, 15) is 4.79 Å². The van der Waals surface area contributed by atoms with Gasteiger partial charge in [-0.3, -0.25) is 4.79 Å². The van der Waals surface area contributed by atoms with Crippen molar-refractivity contribution in [1.29, 1.82) is 0 Å². The molecule has 0 aliphatic carbocycles. The van der Waals surface area contributed by atoms with Crippen molar-refractivity contribution in [1.82, 2.24) is 4.90 Å². The average Bonchev–Trinajstić information content (AvgIpc) is 2.98. The average molecular weight is 402 g/mol. The number of amides is 1. The van der Waals surface area contributed by atoms with E-state index < -0.39 is 0 Å². The van der Waals surface area contributed by atoms with Crippen LogP contribution in [-0.2, 0) is 0 Å². The van der Waals surface area contributed by atoms with Crippen LogP contribution in [0.3, 0.4) is 0 Å². The minimum atomic E-state index is -0.00899. The Hall–Kier alpha value is -2.34. The van der Waals surface area contributed by atoms with Gasteiger partial charge in [0.05, 0.1) is 21.3 Å². The Morgan fingerprint density at radius 2 is 1.71 bits per heavy atom. The Labute approximate surface area is 171 Å². The maximum Gasteiger partial charge on any atom is 0.254 e. The highest BCUT2D eigenvalue weighted by molar-refractivity contribution is 7.99. The van der Waals surface area contributed by atoms with Gasteiger partial charge in [0.25, 0.3) is 5.91 Å². The third kappa shape index (κ3) is 4.22. The minimum absolute atomic E-state index is 0.00899. The number of rotatable bonds is 5. The monoisotopic (exact) mass is 401 g/mol. The molecule has 6 heteroatoms. The molecule has 1 heterocycles. The molecule has 2 aromatic rings. The Kier molecular flexibility index (Phi) is 6.73. The number of nitrogens with zero attached hydrogens (tertiary/aromatic N) is 1. The Morgan fingerprint density at radius 1 is 1.04 bits per heavy atom. The lowest BCUT2D eigenvalue weighted by Crippen LogP contribution is -2.33. The van der Waals surface area contributed by atoms with E-state index in [-0.39, 0.29) is 5.91 Å². The molecule has 1 aliphatic heterocycles. The summed E-state index contributed by atoms with van der Waals surface area (Å²) in [5.74, 6) is 2.38. The highest BCUT2D eigenvalue weighted by atomic mass is 32.2. The lowest BCUT2D eigenvalue weighted by atomic mass is 10.0. The van der Waals surface area contributed by atoms with Crippen molar-refractivity contribution in [2.45, 2.75) is 18.6 Å². The van der Waals surface area contributed by atoms with E-state index in [1.165, 1.54) is 11.1 Å². The van der Waals surface area contributed by atoms with E-state index in [2.05, 4.69) is 31.2 Å². The SMILES string of the molecule is COc1cc(C(=O)N2CCSC(c3ccccc3C)CC2)cc(OC)c1OC. The molecule has 0 radical (unpaired) electrons. The molecule has 2 aromatic carbocycles. The second-order valence-corrected chi connectivity index (χ2v) is 8.02. The lowest BCUT2D eigenvalue weighted by molar-refractivity contribution is 0.0765. The van der Waals surface area contributed by atoms with Crippen LogP contribution in [0.25, 0.3) is 0 Å². The van der Waals surface area contributed by atoms with Crippen LogP contribution in [0.4, 0.5) is 0 Å². The molecule has 0 saturated carbocycles. The van der Waals surface area contributed by atoms with E-state index in [1.54, 1.807) is 33.5 Å². The Bertz CT molecular complexity index is 814. The van der Waals surface area contributed by atoms with Crippen molar-refractivity contribution in [3.8, 4) is 17.2 Å². The van der Waals surface area contributed by atoms with Crippen molar-refractivity contribution < 1.29 is 19.0 Å². The zero-order chi connectivity index (χ0) is 20.1. The fraction of sp³-hybridized carbons (Fsp3) is 0.409. The van der Waals surface area contributed by atoms with Crippen molar-refractivity contribution in [3.63, 3.8) is 0 Å². The number of hydrogen-bond donors (Lipinski definition) is 0. The van der Waals surface area contributed by atoms with Crippen LogP contribution in [-0.4, -0.2) is 51.0 Å². The fourth-order valence-electron chi connectivity index (χ4n) is 3.56. The summed E-state index contributed by atoms with van der Waals surface area (Å²) in [6.07, 6.45) is 0.936. The third-order valence-electron chi connectivity index (χ3n) is 5.08. The maximum absolute atomic E-state index is 13.2. The lowest BCUT2D eigenvalue weighted by Gasteiger charge is -2.22. The number of benzene rings is 2. The van der Waals surface area contributed by atoms with Gasteiger partial charge in [0, 0.05) is 29.7 Å². The van der Waals surface area contributed by atoms with Gasteiger partial charge < -0.3 is 19.1 Å². The number of hydrogen-bond acceptors (Lipinski definition) is 5. The molecule has 1 atom stereocenters. The molecule has 1 fully saturated rings. The van der Waals surface area contributed by atoms with Gasteiger partial charge in [0.1, 0.15) is 0 Å². The molecule has 5 nitrogen and oxygen atoms in total. The second kappa shape index (κ2) is 9.24. The Morgan fingerprint density at radius 3 is 2.32 bits per heavy atom. The van der Waals surface area contributed by atoms with Gasteiger partial charge in [-0.15, -0.1) is 0 Å². The van der Waals surface area contributed by atoms with Crippen LogP contribution >= 0.6 is 11.8 Å². The quantitative estimate of drug-likeness (QED) is 0.746. The van der Waals surface area contributed by atoms with E-state index in [4.69, 9.17) is 14.2 Å². The number of ether oxygens (including phenoxy) is 3. The van der Waals surface area contributed by atoms with Gasteiger partial charge in [0.2, 0.25) is 5.75 Å². The fourth-order valence-corrected chi connectivity index (χ4v) is 4.88. The molecule has 1 saturated heterocycles. The molecular formula is C22H27NO4S. The number of carbonyl (C=O) groups excluding carboxylic acids is 1. The summed E-state index contributed by atoms with van der Waals surface area (Å²) in [5, 5.41) is 0.416. The highest BCUT2D eigenvalue weighted by Crippen LogP contribution is 2.39. The van der Waals surface area contributed by atoms with Gasteiger partial charge in [-0.1, -0.05) is 24.3 Å². The third-order valence-corrected chi connectivity index (χ3v) is 6.39. The standard InChI is InChI=1S/C22H27NO4S/c1-15-7-5-6-8-17(15)20-9-10-23(11-12-28-20)22(24)16-13-18(25-2)21(27-4)19(14-16)26-3/h5-8,13-14,20H,9-12H2,1-4H3. The predicted molar refractivity (Wildman–Crippen MR) is 113 cm³/mol. The summed E-state index contributed by atoms with van der Waals surface area (Å²) in [6.45, 7) is 3.60. The molecule has 0 spiro atoms. The zero-order valence-corrected chi connectivity index (χ0v) is 17.7. The smallest absolute Gasteiger partial charge is 0.254 e. The molecular weight excluding hydrogens is 374 g/mol. The first-order chi connectivity index (χ1) is 13.6. The molecule has 0 N–H and O–H groups in total. The van der Waals surface area contributed by atoms with E-state index >= 15 is 0 Å². The van der Waals surface area contributed by atoms with Crippen LogP contribution in [0.1, 0.15) is 33.2 Å². The Balaban J connectivity index is 1.79. The van der Waals surface area contributed by atoms with Crippen LogP contribution in [0.15, 0.2) is 36.4 Å². The molecule has 0 bridgehead atoms. The summed E-state index contributed by atoms with van der Waals surface area (Å²) < 4.78 is 16.1. The second-order valence-electron chi connectivity index (χ2n) is 6.71. The van der Waals surface area contributed by atoms with Crippen LogP contribution < -0.4 is 14.2 Å². The normalized spacial score (nSPS) is 17.0. The number of methoxy groups -OCH3 is 3. The van der Waals surface area contributed by atoms with E-state index in [1.807, 2.05) is 16.7 Å². The molecule has 1 unspecified atom stereocenters. The van der Waals surface area contributed by atoms with Crippen molar-refractivity contribution in [2.24, 2.45) is 0 Å². The van der Waals surface area contributed by atoms with E-state index in [0.29, 0.717) is 28.1 Å². The largest absolute Gasteiger partial charge is 0.493 e. The summed E-state index contributed by atoms with van der Waals surface area (Å²) in [7, 11) is 4.67. The summed E-state index contributed by atoms with van der Waals surface area (Å²) >= 11 is 1.93. The zero-order valence-electron chi connectivity index (χ0n) is 16.9. The molecule has 0 aromatic heterocycles. The number of carbonyl (C=O) groups is 1. The van der Waals surface area contributed by atoms with Crippen LogP contribution in [0, 0.1) is 6.92 Å². The molecule has 150 valence electrons. The van der Waals surface area contributed by atoms with Gasteiger partial charge in [0.15, 0.2) is 11.5 Å². The summed E-state index contributed by atoms with van der Waals surface area (Å²) in [5.41, 5.74) is 3.23. The first kappa shape index (κ1) is 20.4. The molecule has 3 rings (SSSR count). The molecule has 1 amide bonds.